The van der Waals surface area contributed by atoms with Gasteiger partial charge in [0.25, 0.3) is 0 Å². The third-order valence-corrected chi connectivity index (χ3v) is 5.35. The van der Waals surface area contributed by atoms with Crippen molar-refractivity contribution in [3.05, 3.63) is 17.2 Å². The zero-order chi connectivity index (χ0) is 14.9. The predicted octanol–water partition coefficient (Wildman–Crippen LogP) is 1.98. The second kappa shape index (κ2) is 5.98. The summed E-state index contributed by atoms with van der Waals surface area (Å²) in [5.74, 6) is 1.17. The molecule has 2 atom stereocenters. The molecule has 0 aliphatic carbocycles. The average Bonchev–Trinajstić information content (AvgIpc) is 2.74. The molecule has 0 fully saturated rings. The maximum atomic E-state index is 11.6. The van der Waals surface area contributed by atoms with E-state index < -0.39 is 10.8 Å². The summed E-state index contributed by atoms with van der Waals surface area (Å²) < 4.78 is 13.9. The molecule has 0 radical (unpaired) electrons. The lowest BCUT2D eigenvalue weighted by molar-refractivity contribution is 0.479. The number of rotatable bonds is 4. The Bertz CT molecular complexity index is 502. The molecule has 0 spiro atoms. The fourth-order valence-corrected chi connectivity index (χ4v) is 3.10. The van der Waals surface area contributed by atoms with Crippen LogP contribution in [0.15, 0.2) is 0 Å². The summed E-state index contributed by atoms with van der Waals surface area (Å²) in [5.41, 5.74) is 2.63. The van der Waals surface area contributed by atoms with Gasteiger partial charge in [0.1, 0.15) is 5.82 Å². The molecule has 1 aromatic rings. The maximum Gasteiger partial charge on any atom is 0.114 e. The van der Waals surface area contributed by atoms with E-state index in [1.54, 1.807) is 6.26 Å². The molecular weight excluding hydrogens is 270 g/mol. The third-order valence-electron chi connectivity index (χ3n) is 3.98. The largest absolute Gasteiger partial charge is 0.331 e. The van der Waals surface area contributed by atoms with Crippen molar-refractivity contribution < 1.29 is 4.21 Å². The summed E-state index contributed by atoms with van der Waals surface area (Å²) in [4.78, 5) is 4.87. The fraction of sp³-hybridized carbons (Fsp3) is 0.800. The SMILES string of the molecule is CC(CCn1c(C(C)(C)C)nc2c1CCNC2)S(C)=O. The van der Waals surface area contributed by atoms with Gasteiger partial charge < -0.3 is 9.88 Å². The van der Waals surface area contributed by atoms with Crippen LogP contribution in [0.25, 0.3) is 0 Å². The highest BCUT2D eigenvalue weighted by molar-refractivity contribution is 7.84. The fourth-order valence-electron chi connectivity index (χ4n) is 2.66. The zero-order valence-corrected chi connectivity index (χ0v) is 14.1. The molecule has 0 bridgehead atoms. The van der Waals surface area contributed by atoms with Crippen LogP contribution in [0.3, 0.4) is 0 Å². The molecule has 1 N–H and O–H groups in total. The molecule has 114 valence electrons. The monoisotopic (exact) mass is 297 g/mol. The van der Waals surface area contributed by atoms with Crippen LogP contribution in [0.2, 0.25) is 0 Å². The Morgan fingerprint density at radius 2 is 2.15 bits per heavy atom. The number of nitrogens with zero attached hydrogens (tertiary/aromatic N) is 2. The van der Waals surface area contributed by atoms with E-state index in [9.17, 15) is 4.21 Å². The minimum atomic E-state index is -0.747. The van der Waals surface area contributed by atoms with Crippen molar-refractivity contribution in [2.75, 3.05) is 12.8 Å². The Morgan fingerprint density at radius 3 is 2.75 bits per heavy atom. The normalized spacial score (nSPS) is 18.6. The van der Waals surface area contributed by atoms with Gasteiger partial charge in [-0.25, -0.2) is 4.98 Å². The molecule has 20 heavy (non-hydrogen) atoms. The van der Waals surface area contributed by atoms with Gasteiger partial charge in [-0.15, -0.1) is 0 Å². The van der Waals surface area contributed by atoms with Crippen molar-refractivity contribution in [1.29, 1.82) is 0 Å². The summed E-state index contributed by atoms with van der Waals surface area (Å²) >= 11 is 0. The van der Waals surface area contributed by atoms with Gasteiger partial charge in [-0.3, -0.25) is 4.21 Å². The minimum Gasteiger partial charge on any atom is -0.331 e. The second-order valence-electron chi connectivity index (χ2n) is 6.76. The van der Waals surface area contributed by atoms with E-state index in [1.807, 2.05) is 0 Å². The molecule has 0 amide bonds. The molecule has 2 unspecified atom stereocenters. The molecule has 2 rings (SSSR count). The number of imidazole rings is 1. The van der Waals surface area contributed by atoms with Gasteiger partial charge in [0.2, 0.25) is 0 Å². The number of hydrogen-bond acceptors (Lipinski definition) is 3. The highest BCUT2D eigenvalue weighted by Gasteiger charge is 2.27. The van der Waals surface area contributed by atoms with Crippen molar-refractivity contribution in [1.82, 2.24) is 14.9 Å². The smallest absolute Gasteiger partial charge is 0.114 e. The van der Waals surface area contributed by atoms with Crippen LogP contribution in [0, 0.1) is 0 Å². The lowest BCUT2D eigenvalue weighted by Gasteiger charge is -2.22. The van der Waals surface area contributed by atoms with Crippen molar-refractivity contribution >= 4 is 10.8 Å². The first-order valence-corrected chi connectivity index (χ1v) is 9.04. The van der Waals surface area contributed by atoms with E-state index in [2.05, 4.69) is 37.6 Å². The zero-order valence-electron chi connectivity index (χ0n) is 13.3. The molecule has 5 heteroatoms. The Hall–Kier alpha value is -0.680. The predicted molar refractivity (Wildman–Crippen MR) is 84.5 cm³/mol. The number of hydrogen-bond donors (Lipinski definition) is 1. The molecule has 1 aliphatic heterocycles. The lowest BCUT2D eigenvalue weighted by Crippen LogP contribution is -2.26. The summed E-state index contributed by atoms with van der Waals surface area (Å²) in [5, 5.41) is 3.63. The Morgan fingerprint density at radius 1 is 1.45 bits per heavy atom. The molecule has 0 saturated heterocycles. The summed E-state index contributed by atoms with van der Waals surface area (Å²) in [6.45, 7) is 11.5. The minimum absolute atomic E-state index is 0.0476. The van der Waals surface area contributed by atoms with Gasteiger partial charge in [-0.2, -0.15) is 0 Å². The molecule has 0 aromatic carbocycles. The molecule has 1 aliphatic rings. The number of aromatic nitrogens is 2. The summed E-state index contributed by atoms with van der Waals surface area (Å²) in [7, 11) is -0.747. The van der Waals surface area contributed by atoms with Gasteiger partial charge in [-0.1, -0.05) is 27.7 Å². The third kappa shape index (κ3) is 3.31. The summed E-state index contributed by atoms with van der Waals surface area (Å²) in [6, 6.07) is 0. The quantitative estimate of drug-likeness (QED) is 0.924. The van der Waals surface area contributed by atoms with E-state index in [4.69, 9.17) is 4.98 Å². The van der Waals surface area contributed by atoms with Crippen LogP contribution < -0.4 is 5.32 Å². The van der Waals surface area contributed by atoms with Crippen LogP contribution >= 0.6 is 0 Å². The highest BCUT2D eigenvalue weighted by Crippen LogP contribution is 2.26. The maximum absolute atomic E-state index is 11.6. The topological polar surface area (TPSA) is 46.9 Å². The Labute approximate surface area is 124 Å². The molecule has 4 nitrogen and oxygen atoms in total. The van der Waals surface area contributed by atoms with E-state index in [0.29, 0.717) is 0 Å². The van der Waals surface area contributed by atoms with Crippen LogP contribution in [-0.4, -0.2) is 31.8 Å². The van der Waals surface area contributed by atoms with Gasteiger partial charge >= 0.3 is 0 Å². The van der Waals surface area contributed by atoms with Crippen LogP contribution in [-0.2, 0) is 35.7 Å². The first kappa shape index (κ1) is 15.7. The van der Waals surface area contributed by atoms with Crippen molar-refractivity contribution in [2.24, 2.45) is 0 Å². The summed E-state index contributed by atoms with van der Waals surface area (Å²) in [6.07, 6.45) is 3.78. The molecule has 0 saturated carbocycles. The van der Waals surface area contributed by atoms with E-state index in [0.717, 1.165) is 32.5 Å². The first-order valence-electron chi connectivity index (χ1n) is 7.42. The van der Waals surface area contributed by atoms with Gasteiger partial charge in [0.15, 0.2) is 0 Å². The van der Waals surface area contributed by atoms with Gasteiger partial charge in [-0.05, 0) is 6.42 Å². The first-order chi connectivity index (χ1) is 9.30. The molecule has 1 aromatic heterocycles. The van der Waals surface area contributed by atoms with Gasteiger partial charge in [0, 0.05) is 59.5 Å². The van der Waals surface area contributed by atoms with Crippen LogP contribution in [0.4, 0.5) is 0 Å². The standard InChI is InChI=1S/C15H27N3OS/c1-11(20(5)19)7-9-18-13-6-8-16-10-12(13)17-14(18)15(2,3)4/h11,16H,6-10H2,1-5H3. The van der Waals surface area contributed by atoms with E-state index in [1.165, 1.54) is 17.2 Å². The Balaban J connectivity index is 2.29. The van der Waals surface area contributed by atoms with E-state index >= 15 is 0 Å². The van der Waals surface area contributed by atoms with Crippen molar-refractivity contribution in [3.8, 4) is 0 Å². The van der Waals surface area contributed by atoms with Crippen LogP contribution in [0.5, 0.6) is 0 Å². The average molecular weight is 297 g/mol. The van der Waals surface area contributed by atoms with Crippen molar-refractivity contribution in [2.45, 2.75) is 64.3 Å². The number of nitrogens with one attached hydrogen (secondary N) is 1. The van der Waals surface area contributed by atoms with Crippen molar-refractivity contribution in [3.63, 3.8) is 0 Å². The Kier molecular flexibility index (Phi) is 4.69. The van der Waals surface area contributed by atoms with Crippen LogP contribution in [0.1, 0.15) is 51.3 Å². The molecular formula is C15H27N3OS. The van der Waals surface area contributed by atoms with E-state index in [-0.39, 0.29) is 10.7 Å². The molecule has 2 heterocycles. The second-order valence-corrected chi connectivity index (χ2v) is 8.56. The number of fused-ring (bicyclic) bond motifs is 1. The highest BCUT2D eigenvalue weighted by atomic mass is 32.2. The lowest BCUT2D eigenvalue weighted by atomic mass is 9.95. The van der Waals surface area contributed by atoms with Gasteiger partial charge in [0.05, 0.1) is 5.69 Å².